The average Bonchev–Trinajstić information content (AvgIpc) is 2.29. The predicted octanol–water partition coefficient (Wildman–Crippen LogP) is 1.01. The number of halogens is 1. The van der Waals surface area contributed by atoms with Gasteiger partial charge in [-0.15, -0.1) is 0 Å². The molecule has 16 heavy (non-hydrogen) atoms. The van der Waals surface area contributed by atoms with Crippen LogP contribution >= 0.6 is 11.6 Å². The van der Waals surface area contributed by atoms with Crippen LogP contribution in [0.25, 0.3) is 0 Å². The van der Waals surface area contributed by atoms with Crippen molar-refractivity contribution < 1.29 is 14.6 Å². The predicted molar refractivity (Wildman–Crippen MR) is 57.5 cm³/mol. The SMILES string of the molecule is O=C(O)c1cnccc1C1CNCC(Cl)O1. The van der Waals surface area contributed by atoms with Gasteiger partial charge in [-0.3, -0.25) is 4.98 Å². The maximum Gasteiger partial charge on any atom is 0.337 e. The number of pyridine rings is 1. The van der Waals surface area contributed by atoms with Gasteiger partial charge in [-0.25, -0.2) is 4.79 Å². The Hall–Kier alpha value is -1.17. The third-order valence-electron chi connectivity index (χ3n) is 2.38. The van der Waals surface area contributed by atoms with Crippen molar-refractivity contribution in [2.75, 3.05) is 13.1 Å². The lowest BCUT2D eigenvalue weighted by Crippen LogP contribution is -2.38. The summed E-state index contributed by atoms with van der Waals surface area (Å²) in [7, 11) is 0. The van der Waals surface area contributed by atoms with E-state index in [1.54, 1.807) is 12.3 Å². The zero-order valence-corrected chi connectivity index (χ0v) is 9.15. The summed E-state index contributed by atoms with van der Waals surface area (Å²) in [5.74, 6) is -1.01. The van der Waals surface area contributed by atoms with Crippen molar-refractivity contribution >= 4 is 17.6 Å². The summed E-state index contributed by atoms with van der Waals surface area (Å²) >= 11 is 5.85. The van der Waals surface area contributed by atoms with Crippen molar-refractivity contribution in [3.05, 3.63) is 29.6 Å². The molecule has 2 N–H and O–H groups in total. The first-order valence-corrected chi connectivity index (χ1v) is 5.29. The van der Waals surface area contributed by atoms with Crippen LogP contribution in [0.2, 0.25) is 0 Å². The van der Waals surface area contributed by atoms with Crippen LogP contribution in [0.3, 0.4) is 0 Å². The summed E-state index contributed by atoms with van der Waals surface area (Å²) in [6.45, 7) is 1.11. The number of hydrogen-bond acceptors (Lipinski definition) is 4. The van der Waals surface area contributed by atoms with Crippen LogP contribution in [0.5, 0.6) is 0 Å². The quantitative estimate of drug-likeness (QED) is 0.758. The molecule has 1 aliphatic heterocycles. The Labute approximate surface area is 97.4 Å². The third kappa shape index (κ3) is 2.32. The number of ether oxygens (including phenoxy) is 1. The minimum Gasteiger partial charge on any atom is -0.478 e. The van der Waals surface area contributed by atoms with E-state index < -0.39 is 11.5 Å². The Morgan fingerprint density at radius 3 is 3.12 bits per heavy atom. The molecule has 0 aliphatic carbocycles. The van der Waals surface area contributed by atoms with Gasteiger partial charge in [0.1, 0.15) is 5.56 Å². The Morgan fingerprint density at radius 2 is 2.44 bits per heavy atom. The summed E-state index contributed by atoms with van der Waals surface area (Å²) in [6.07, 6.45) is 2.52. The number of aromatic nitrogens is 1. The number of morpholine rings is 1. The maximum absolute atomic E-state index is 11.0. The molecule has 2 atom stereocenters. The van der Waals surface area contributed by atoms with E-state index in [1.807, 2.05) is 0 Å². The number of nitrogens with one attached hydrogen (secondary N) is 1. The molecular weight excluding hydrogens is 232 g/mol. The summed E-state index contributed by atoms with van der Waals surface area (Å²) in [4.78, 5) is 14.8. The standard InChI is InChI=1S/C10H11ClN2O3/c11-9-5-13-4-8(16-9)6-1-2-12-3-7(6)10(14)15/h1-3,8-9,13H,4-5H2,(H,14,15). The highest BCUT2D eigenvalue weighted by Gasteiger charge is 2.25. The normalized spacial score (nSPS) is 25.3. The van der Waals surface area contributed by atoms with Crippen LogP contribution in [-0.4, -0.2) is 34.7 Å². The Balaban J connectivity index is 2.28. The van der Waals surface area contributed by atoms with Gasteiger partial charge in [0.25, 0.3) is 0 Å². The molecule has 5 nitrogen and oxygen atoms in total. The van der Waals surface area contributed by atoms with E-state index in [1.165, 1.54) is 6.20 Å². The van der Waals surface area contributed by atoms with Gasteiger partial charge in [-0.2, -0.15) is 0 Å². The number of nitrogens with zero attached hydrogens (tertiary/aromatic N) is 1. The van der Waals surface area contributed by atoms with Crippen LogP contribution in [0.15, 0.2) is 18.5 Å². The molecule has 6 heteroatoms. The topological polar surface area (TPSA) is 71.5 Å². The zero-order chi connectivity index (χ0) is 11.5. The number of alkyl halides is 1. The van der Waals surface area contributed by atoms with Crippen molar-refractivity contribution in [3.63, 3.8) is 0 Å². The van der Waals surface area contributed by atoms with E-state index >= 15 is 0 Å². The van der Waals surface area contributed by atoms with Crippen LogP contribution in [0.1, 0.15) is 22.0 Å². The number of hydrogen-bond donors (Lipinski definition) is 2. The lowest BCUT2D eigenvalue weighted by atomic mass is 10.0. The molecule has 0 saturated carbocycles. The number of carbonyl (C=O) groups is 1. The molecule has 2 unspecified atom stereocenters. The minimum atomic E-state index is -1.01. The molecule has 0 aromatic carbocycles. The molecule has 1 fully saturated rings. The van der Waals surface area contributed by atoms with Gasteiger partial charge in [0, 0.05) is 25.5 Å². The van der Waals surface area contributed by atoms with Gasteiger partial charge < -0.3 is 15.2 Å². The highest BCUT2D eigenvalue weighted by atomic mass is 35.5. The number of rotatable bonds is 2. The van der Waals surface area contributed by atoms with Crippen molar-refractivity contribution in [2.45, 2.75) is 11.7 Å². The molecule has 0 amide bonds. The maximum atomic E-state index is 11.0. The smallest absolute Gasteiger partial charge is 0.337 e. The zero-order valence-electron chi connectivity index (χ0n) is 8.39. The van der Waals surface area contributed by atoms with E-state index in [-0.39, 0.29) is 11.7 Å². The van der Waals surface area contributed by atoms with Gasteiger partial charge in [0.05, 0.1) is 11.7 Å². The molecule has 2 heterocycles. The first-order valence-electron chi connectivity index (χ1n) is 4.86. The van der Waals surface area contributed by atoms with E-state index in [0.29, 0.717) is 18.7 Å². The van der Waals surface area contributed by atoms with Crippen LogP contribution in [-0.2, 0) is 4.74 Å². The second kappa shape index (κ2) is 4.78. The van der Waals surface area contributed by atoms with Crippen molar-refractivity contribution in [3.8, 4) is 0 Å². The number of carboxylic acids is 1. The van der Waals surface area contributed by atoms with Crippen LogP contribution in [0.4, 0.5) is 0 Å². The van der Waals surface area contributed by atoms with Gasteiger partial charge in [-0.05, 0) is 11.6 Å². The first-order chi connectivity index (χ1) is 7.68. The Bertz CT molecular complexity index is 399. The summed E-state index contributed by atoms with van der Waals surface area (Å²) < 4.78 is 5.47. The fraction of sp³-hybridized carbons (Fsp3) is 0.400. The first kappa shape index (κ1) is 11.3. The lowest BCUT2D eigenvalue weighted by molar-refractivity contribution is 0.00273. The minimum absolute atomic E-state index is 0.153. The molecular formula is C10H11ClN2O3. The van der Waals surface area contributed by atoms with Crippen LogP contribution < -0.4 is 5.32 Å². The third-order valence-corrected chi connectivity index (χ3v) is 2.64. The van der Waals surface area contributed by atoms with Crippen molar-refractivity contribution in [1.82, 2.24) is 10.3 Å². The fourth-order valence-electron chi connectivity index (χ4n) is 1.65. The van der Waals surface area contributed by atoms with Crippen molar-refractivity contribution in [1.29, 1.82) is 0 Å². The molecule has 2 rings (SSSR count). The second-order valence-electron chi connectivity index (χ2n) is 3.46. The Morgan fingerprint density at radius 1 is 1.62 bits per heavy atom. The van der Waals surface area contributed by atoms with E-state index in [4.69, 9.17) is 21.4 Å². The van der Waals surface area contributed by atoms with Gasteiger partial charge >= 0.3 is 5.97 Å². The van der Waals surface area contributed by atoms with E-state index in [0.717, 1.165) is 0 Å². The second-order valence-corrected chi connectivity index (χ2v) is 3.95. The van der Waals surface area contributed by atoms with Gasteiger partial charge in [0.15, 0.2) is 0 Å². The number of aromatic carboxylic acids is 1. The van der Waals surface area contributed by atoms with Gasteiger partial charge in [-0.1, -0.05) is 11.6 Å². The summed E-state index contributed by atoms with van der Waals surface area (Å²) in [6, 6.07) is 1.64. The summed E-state index contributed by atoms with van der Waals surface area (Å²) in [5.41, 5.74) is 0.314. The molecule has 1 aromatic rings. The fourth-order valence-corrected chi connectivity index (χ4v) is 1.88. The average molecular weight is 243 g/mol. The monoisotopic (exact) mass is 242 g/mol. The molecule has 0 bridgehead atoms. The molecule has 0 radical (unpaired) electrons. The summed E-state index contributed by atoms with van der Waals surface area (Å²) in [5, 5.41) is 12.1. The Kier molecular flexibility index (Phi) is 3.38. The molecule has 1 aliphatic rings. The highest BCUT2D eigenvalue weighted by Crippen LogP contribution is 2.25. The molecule has 1 saturated heterocycles. The van der Waals surface area contributed by atoms with Crippen LogP contribution in [0, 0.1) is 0 Å². The van der Waals surface area contributed by atoms with Crippen molar-refractivity contribution in [2.24, 2.45) is 0 Å². The lowest BCUT2D eigenvalue weighted by Gasteiger charge is -2.28. The largest absolute Gasteiger partial charge is 0.478 e. The van der Waals surface area contributed by atoms with E-state index in [2.05, 4.69) is 10.3 Å². The highest BCUT2D eigenvalue weighted by molar-refractivity contribution is 6.19. The molecule has 0 spiro atoms. The van der Waals surface area contributed by atoms with E-state index in [9.17, 15) is 4.79 Å². The number of carboxylic acid groups (broad SMARTS) is 1. The van der Waals surface area contributed by atoms with Gasteiger partial charge in [0.2, 0.25) is 0 Å². The molecule has 1 aromatic heterocycles. The molecule has 86 valence electrons.